The number of alkyl carbamates (subject to hydrolysis) is 1. The Bertz CT molecular complexity index is 969. The summed E-state index contributed by atoms with van der Waals surface area (Å²) in [5, 5.41) is 6.23. The molecule has 2 N–H and O–H groups in total. The van der Waals surface area contributed by atoms with E-state index in [1.54, 1.807) is 0 Å². The SMILES string of the molecule is CC(C)(C)OC(=O)NCCC(OCc1cccc(Nc2ccccc2)c1)c1ccccc1. The fourth-order valence-electron chi connectivity index (χ4n) is 3.26. The van der Waals surface area contributed by atoms with E-state index in [-0.39, 0.29) is 6.10 Å². The van der Waals surface area contributed by atoms with Crippen molar-refractivity contribution in [2.24, 2.45) is 0 Å². The highest BCUT2D eigenvalue weighted by Crippen LogP contribution is 2.24. The zero-order valence-electron chi connectivity index (χ0n) is 19.0. The molecule has 168 valence electrons. The average molecular weight is 433 g/mol. The van der Waals surface area contributed by atoms with E-state index in [1.165, 1.54) is 0 Å². The van der Waals surface area contributed by atoms with Crippen LogP contribution in [0.2, 0.25) is 0 Å². The van der Waals surface area contributed by atoms with Gasteiger partial charge in [-0.1, -0.05) is 60.7 Å². The minimum atomic E-state index is -0.516. The summed E-state index contributed by atoms with van der Waals surface area (Å²) < 4.78 is 11.6. The molecule has 0 saturated carbocycles. The molecule has 0 fully saturated rings. The molecule has 32 heavy (non-hydrogen) atoms. The maximum Gasteiger partial charge on any atom is 0.407 e. The summed E-state index contributed by atoms with van der Waals surface area (Å²) in [5.41, 5.74) is 3.70. The van der Waals surface area contributed by atoms with Crippen LogP contribution in [0.15, 0.2) is 84.9 Å². The number of para-hydroxylation sites is 1. The van der Waals surface area contributed by atoms with Crippen molar-refractivity contribution in [3.63, 3.8) is 0 Å². The lowest BCUT2D eigenvalue weighted by atomic mass is 10.1. The first-order valence-electron chi connectivity index (χ1n) is 10.9. The number of benzene rings is 3. The van der Waals surface area contributed by atoms with E-state index < -0.39 is 11.7 Å². The first kappa shape index (κ1) is 23.4. The summed E-state index contributed by atoms with van der Waals surface area (Å²) >= 11 is 0. The van der Waals surface area contributed by atoms with Crippen molar-refractivity contribution in [1.29, 1.82) is 0 Å². The molecular weight excluding hydrogens is 400 g/mol. The highest BCUT2D eigenvalue weighted by atomic mass is 16.6. The molecule has 0 aliphatic rings. The Balaban J connectivity index is 1.59. The van der Waals surface area contributed by atoms with Crippen LogP contribution < -0.4 is 10.6 Å². The summed E-state index contributed by atoms with van der Waals surface area (Å²) in [6, 6.07) is 28.3. The standard InChI is InChI=1S/C27H32N2O3/c1-27(2,3)32-26(30)28-18-17-25(22-12-6-4-7-13-22)31-20-21-11-10-16-24(19-21)29-23-14-8-5-9-15-23/h4-16,19,25,29H,17-18,20H2,1-3H3,(H,28,30). The number of rotatable bonds is 9. The molecule has 3 aromatic rings. The van der Waals surface area contributed by atoms with Crippen molar-refractivity contribution in [2.75, 3.05) is 11.9 Å². The van der Waals surface area contributed by atoms with E-state index in [4.69, 9.17) is 9.47 Å². The lowest BCUT2D eigenvalue weighted by Gasteiger charge is -2.21. The lowest BCUT2D eigenvalue weighted by molar-refractivity contribution is 0.0307. The third-order valence-corrected chi connectivity index (χ3v) is 4.69. The third-order valence-electron chi connectivity index (χ3n) is 4.69. The van der Waals surface area contributed by atoms with E-state index in [0.717, 1.165) is 22.5 Å². The summed E-state index contributed by atoms with van der Waals surface area (Å²) in [7, 11) is 0. The van der Waals surface area contributed by atoms with Gasteiger partial charge in [-0.15, -0.1) is 0 Å². The number of nitrogens with one attached hydrogen (secondary N) is 2. The molecule has 0 bridgehead atoms. The van der Waals surface area contributed by atoms with Gasteiger partial charge in [-0.3, -0.25) is 0 Å². The lowest BCUT2D eigenvalue weighted by Crippen LogP contribution is -2.33. The van der Waals surface area contributed by atoms with Crippen molar-refractivity contribution in [3.05, 3.63) is 96.1 Å². The van der Waals surface area contributed by atoms with Crippen molar-refractivity contribution >= 4 is 17.5 Å². The first-order valence-corrected chi connectivity index (χ1v) is 10.9. The molecule has 0 aliphatic heterocycles. The summed E-state index contributed by atoms with van der Waals surface area (Å²) in [5.74, 6) is 0. The molecule has 5 heteroatoms. The second-order valence-corrected chi connectivity index (χ2v) is 8.62. The van der Waals surface area contributed by atoms with Gasteiger partial charge >= 0.3 is 6.09 Å². The number of carbonyl (C=O) groups is 1. The van der Waals surface area contributed by atoms with Crippen LogP contribution in [0.1, 0.15) is 44.4 Å². The van der Waals surface area contributed by atoms with Crippen LogP contribution >= 0.6 is 0 Å². The van der Waals surface area contributed by atoms with Crippen LogP contribution in [0.5, 0.6) is 0 Å². The van der Waals surface area contributed by atoms with Gasteiger partial charge in [-0.25, -0.2) is 4.79 Å². The van der Waals surface area contributed by atoms with Gasteiger partial charge in [0.2, 0.25) is 0 Å². The Labute approximate surface area is 190 Å². The van der Waals surface area contributed by atoms with Crippen molar-refractivity contribution in [1.82, 2.24) is 5.32 Å². The van der Waals surface area contributed by atoms with Gasteiger partial charge in [-0.2, -0.15) is 0 Å². The van der Waals surface area contributed by atoms with E-state index in [1.807, 2.05) is 93.6 Å². The molecule has 3 aromatic carbocycles. The van der Waals surface area contributed by atoms with Gasteiger partial charge in [0.25, 0.3) is 0 Å². The third kappa shape index (κ3) is 8.08. The smallest absolute Gasteiger partial charge is 0.407 e. The van der Waals surface area contributed by atoms with Crippen LogP contribution in [-0.4, -0.2) is 18.2 Å². The highest BCUT2D eigenvalue weighted by molar-refractivity contribution is 5.67. The molecule has 1 unspecified atom stereocenters. The Kier molecular flexibility index (Phi) is 8.28. The molecule has 3 rings (SSSR count). The largest absolute Gasteiger partial charge is 0.444 e. The van der Waals surface area contributed by atoms with Gasteiger partial charge in [0.1, 0.15) is 5.60 Å². The number of hydrogen-bond donors (Lipinski definition) is 2. The number of anilines is 2. The molecule has 5 nitrogen and oxygen atoms in total. The summed E-state index contributed by atoms with van der Waals surface area (Å²) in [4.78, 5) is 12.0. The van der Waals surface area contributed by atoms with Crippen molar-refractivity contribution < 1.29 is 14.3 Å². The molecule has 0 heterocycles. The fraction of sp³-hybridized carbons (Fsp3) is 0.296. The number of amides is 1. The first-order chi connectivity index (χ1) is 15.4. The van der Waals surface area contributed by atoms with Crippen LogP contribution in [0.4, 0.5) is 16.2 Å². The van der Waals surface area contributed by atoms with Gasteiger partial charge in [0.05, 0.1) is 12.7 Å². The Morgan fingerprint density at radius 3 is 2.22 bits per heavy atom. The van der Waals surface area contributed by atoms with Crippen LogP contribution in [0.3, 0.4) is 0 Å². The maximum absolute atomic E-state index is 12.0. The predicted molar refractivity (Wildman–Crippen MR) is 129 cm³/mol. The molecule has 0 radical (unpaired) electrons. The number of hydrogen-bond acceptors (Lipinski definition) is 4. The van der Waals surface area contributed by atoms with Crippen LogP contribution in [0, 0.1) is 0 Å². The van der Waals surface area contributed by atoms with Gasteiger partial charge in [-0.05, 0) is 62.6 Å². The van der Waals surface area contributed by atoms with Gasteiger partial charge < -0.3 is 20.1 Å². The van der Waals surface area contributed by atoms with E-state index >= 15 is 0 Å². The molecule has 0 aromatic heterocycles. The number of ether oxygens (including phenoxy) is 2. The molecule has 0 aliphatic carbocycles. The average Bonchev–Trinajstić information content (AvgIpc) is 2.76. The monoisotopic (exact) mass is 432 g/mol. The maximum atomic E-state index is 12.0. The summed E-state index contributed by atoms with van der Waals surface area (Å²) in [6.45, 7) is 6.48. The molecule has 1 atom stereocenters. The van der Waals surface area contributed by atoms with E-state index in [0.29, 0.717) is 19.6 Å². The van der Waals surface area contributed by atoms with E-state index in [9.17, 15) is 4.79 Å². The van der Waals surface area contributed by atoms with Crippen LogP contribution in [0.25, 0.3) is 0 Å². The van der Waals surface area contributed by atoms with Crippen LogP contribution in [-0.2, 0) is 16.1 Å². The summed E-state index contributed by atoms with van der Waals surface area (Å²) in [6.07, 6.45) is 0.0893. The Morgan fingerprint density at radius 2 is 1.53 bits per heavy atom. The normalized spacial score (nSPS) is 12.1. The minimum absolute atomic E-state index is 0.142. The van der Waals surface area contributed by atoms with Gasteiger partial charge in [0.15, 0.2) is 0 Å². The number of carbonyl (C=O) groups excluding carboxylic acids is 1. The quantitative estimate of drug-likeness (QED) is 0.400. The van der Waals surface area contributed by atoms with E-state index in [2.05, 4.69) is 22.8 Å². The highest BCUT2D eigenvalue weighted by Gasteiger charge is 2.17. The van der Waals surface area contributed by atoms with Crippen molar-refractivity contribution in [3.8, 4) is 0 Å². The molecular formula is C27H32N2O3. The van der Waals surface area contributed by atoms with Gasteiger partial charge in [0, 0.05) is 17.9 Å². The molecule has 0 saturated heterocycles. The van der Waals surface area contributed by atoms with Crippen molar-refractivity contribution in [2.45, 2.75) is 45.5 Å². The minimum Gasteiger partial charge on any atom is -0.444 e. The fourth-order valence-corrected chi connectivity index (χ4v) is 3.26. The predicted octanol–water partition coefficient (Wildman–Crippen LogP) is 6.60. The Morgan fingerprint density at radius 1 is 0.875 bits per heavy atom. The second-order valence-electron chi connectivity index (χ2n) is 8.62. The molecule has 1 amide bonds. The topological polar surface area (TPSA) is 59.6 Å². The zero-order valence-corrected chi connectivity index (χ0v) is 19.0. The second kappa shape index (κ2) is 11.3. The Hall–Kier alpha value is -3.31. The molecule has 0 spiro atoms. The zero-order chi connectivity index (χ0) is 22.8.